The number of unbranched alkanes of at least 4 members (excludes halogenated alkanes) is 4. The summed E-state index contributed by atoms with van der Waals surface area (Å²) >= 11 is 0. The number of nitrogens with one attached hydrogen (secondary N) is 1. The van der Waals surface area contributed by atoms with E-state index >= 15 is 0 Å². The number of carbonyl (C=O) groups excluding carboxylic acids is 4. The second kappa shape index (κ2) is 9.87. The van der Waals surface area contributed by atoms with Gasteiger partial charge in [-0.05, 0) is 19.8 Å². The molecule has 0 aliphatic carbocycles. The highest BCUT2D eigenvalue weighted by atomic mass is 16.2. The lowest BCUT2D eigenvalue weighted by Crippen LogP contribution is -2.34. The monoisotopic (exact) mass is 308 g/mol. The van der Waals surface area contributed by atoms with Crippen LogP contribution in [0.25, 0.3) is 0 Å². The van der Waals surface area contributed by atoms with Crippen LogP contribution in [-0.2, 0) is 19.2 Å². The van der Waals surface area contributed by atoms with Crippen LogP contribution in [-0.4, -0.2) is 41.5 Å². The number of carbonyl (C=O) groups is 4. The standard InChI is InChI=1S/C16H24N2O4/c1-13(19)7-5-3-2-4-6-11-17-14(20)10-12-18-15(21)8-9-16(18)22/h8-9H,2-7,10-12H2,1H3,(H,17,20). The van der Waals surface area contributed by atoms with Crippen LogP contribution in [0.4, 0.5) is 0 Å². The molecule has 1 aliphatic heterocycles. The second-order valence-electron chi connectivity index (χ2n) is 5.48. The molecule has 6 heteroatoms. The first-order valence-electron chi connectivity index (χ1n) is 7.80. The van der Waals surface area contributed by atoms with Crippen molar-refractivity contribution in [3.63, 3.8) is 0 Å². The zero-order valence-electron chi connectivity index (χ0n) is 13.1. The van der Waals surface area contributed by atoms with E-state index < -0.39 is 0 Å². The van der Waals surface area contributed by atoms with E-state index in [9.17, 15) is 19.2 Å². The van der Waals surface area contributed by atoms with Crippen molar-refractivity contribution in [2.75, 3.05) is 13.1 Å². The maximum atomic E-state index is 11.6. The van der Waals surface area contributed by atoms with Gasteiger partial charge in [-0.3, -0.25) is 19.3 Å². The summed E-state index contributed by atoms with van der Waals surface area (Å²) in [5.74, 6) is -0.631. The number of hydrogen-bond acceptors (Lipinski definition) is 4. The van der Waals surface area contributed by atoms with Crippen LogP contribution >= 0.6 is 0 Å². The zero-order valence-corrected chi connectivity index (χ0v) is 13.1. The van der Waals surface area contributed by atoms with Crippen LogP contribution in [0.2, 0.25) is 0 Å². The third kappa shape index (κ3) is 7.15. The molecular weight excluding hydrogens is 284 g/mol. The van der Waals surface area contributed by atoms with Gasteiger partial charge in [0.25, 0.3) is 11.8 Å². The second-order valence-corrected chi connectivity index (χ2v) is 5.48. The fourth-order valence-corrected chi connectivity index (χ4v) is 2.21. The predicted molar refractivity (Wildman–Crippen MR) is 81.9 cm³/mol. The number of Topliss-reactive ketones (excluding diaryl/α,β-unsaturated/α-hetero) is 1. The molecule has 0 aromatic carbocycles. The fraction of sp³-hybridized carbons (Fsp3) is 0.625. The van der Waals surface area contributed by atoms with E-state index in [1.54, 1.807) is 6.92 Å². The van der Waals surface area contributed by atoms with Crippen LogP contribution in [0.1, 0.15) is 51.9 Å². The first-order chi connectivity index (χ1) is 10.5. The topological polar surface area (TPSA) is 83.6 Å². The lowest BCUT2D eigenvalue weighted by atomic mass is 10.1. The largest absolute Gasteiger partial charge is 0.356 e. The third-order valence-electron chi connectivity index (χ3n) is 3.49. The van der Waals surface area contributed by atoms with Crippen molar-refractivity contribution >= 4 is 23.5 Å². The highest BCUT2D eigenvalue weighted by molar-refractivity contribution is 6.13. The summed E-state index contributed by atoms with van der Waals surface area (Å²) in [6.07, 6.45) is 8.18. The molecule has 0 unspecified atom stereocenters. The van der Waals surface area contributed by atoms with E-state index in [4.69, 9.17) is 0 Å². The summed E-state index contributed by atoms with van der Waals surface area (Å²) < 4.78 is 0. The number of ketones is 1. The number of imide groups is 1. The van der Waals surface area contributed by atoms with Crippen molar-refractivity contribution in [3.05, 3.63) is 12.2 Å². The average Bonchev–Trinajstić information content (AvgIpc) is 2.78. The molecule has 22 heavy (non-hydrogen) atoms. The van der Waals surface area contributed by atoms with Gasteiger partial charge in [-0.15, -0.1) is 0 Å². The molecule has 0 atom stereocenters. The molecule has 1 N–H and O–H groups in total. The van der Waals surface area contributed by atoms with Gasteiger partial charge in [0.2, 0.25) is 5.91 Å². The molecule has 1 heterocycles. The molecule has 0 saturated heterocycles. The Morgan fingerprint density at radius 1 is 0.955 bits per heavy atom. The molecule has 0 aromatic heterocycles. The number of nitrogens with zero attached hydrogens (tertiary/aromatic N) is 1. The summed E-state index contributed by atoms with van der Waals surface area (Å²) in [6.45, 7) is 2.34. The van der Waals surface area contributed by atoms with Crippen LogP contribution in [0, 0.1) is 0 Å². The molecule has 0 saturated carbocycles. The van der Waals surface area contributed by atoms with E-state index in [2.05, 4.69) is 5.32 Å². The predicted octanol–water partition coefficient (Wildman–Crippen LogP) is 1.35. The SMILES string of the molecule is CC(=O)CCCCCCCNC(=O)CCN1C(=O)C=CC1=O. The van der Waals surface area contributed by atoms with E-state index in [0.29, 0.717) is 13.0 Å². The first-order valence-corrected chi connectivity index (χ1v) is 7.80. The van der Waals surface area contributed by atoms with E-state index in [1.807, 2.05) is 0 Å². The van der Waals surface area contributed by atoms with Crippen LogP contribution in [0.15, 0.2) is 12.2 Å². The van der Waals surface area contributed by atoms with Gasteiger partial charge in [-0.25, -0.2) is 0 Å². The van der Waals surface area contributed by atoms with E-state index in [-0.39, 0.29) is 36.5 Å². The Morgan fingerprint density at radius 3 is 2.18 bits per heavy atom. The van der Waals surface area contributed by atoms with E-state index in [1.165, 1.54) is 12.2 Å². The molecule has 6 nitrogen and oxygen atoms in total. The summed E-state index contributed by atoms with van der Waals surface area (Å²) in [5, 5.41) is 2.78. The highest BCUT2D eigenvalue weighted by Gasteiger charge is 2.23. The van der Waals surface area contributed by atoms with Crippen molar-refractivity contribution in [1.29, 1.82) is 0 Å². The highest BCUT2D eigenvalue weighted by Crippen LogP contribution is 2.06. The third-order valence-corrected chi connectivity index (χ3v) is 3.49. The van der Waals surface area contributed by atoms with Crippen molar-refractivity contribution < 1.29 is 19.2 Å². The summed E-state index contributed by atoms with van der Waals surface area (Å²) in [7, 11) is 0. The van der Waals surface area contributed by atoms with Crippen LogP contribution in [0.5, 0.6) is 0 Å². The van der Waals surface area contributed by atoms with Crippen LogP contribution in [0.3, 0.4) is 0 Å². The molecule has 3 amide bonds. The molecule has 122 valence electrons. The Hall–Kier alpha value is -1.98. The minimum absolute atomic E-state index is 0.127. The molecule has 0 spiro atoms. The number of rotatable bonds is 11. The van der Waals surface area contributed by atoms with Gasteiger partial charge in [0.05, 0.1) is 0 Å². The Labute approximate surface area is 130 Å². The minimum atomic E-state index is -0.358. The van der Waals surface area contributed by atoms with Gasteiger partial charge >= 0.3 is 0 Å². The first kappa shape index (κ1) is 18.1. The molecule has 0 radical (unpaired) electrons. The molecular formula is C16H24N2O4. The van der Waals surface area contributed by atoms with E-state index in [0.717, 1.165) is 37.0 Å². The van der Waals surface area contributed by atoms with Gasteiger partial charge < -0.3 is 10.1 Å². The zero-order chi connectivity index (χ0) is 16.4. The van der Waals surface area contributed by atoms with Crippen molar-refractivity contribution in [1.82, 2.24) is 10.2 Å². The van der Waals surface area contributed by atoms with Crippen molar-refractivity contribution in [3.8, 4) is 0 Å². The lowest BCUT2D eigenvalue weighted by Gasteiger charge is -2.13. The van der Waals surface area contributed by atoms with Gasteiger partial charge in [0, 0.05) is 38.1 Å². The van der Waals surface area contributed by atoms with Crippen LogP contribution < -0.4 is 5.32 Å². The summed E-state index contributed by atoms with van der Waals surface area (Å²) in [6, 6.07) is 0. The lowest BCUT2D eigenvalue weighted by molar-refractivity contribution is -0.137. The number of hydrogen-bond donors (Lipinski definition) is 1. The Bertz CT molecular complexity index is 439. The molecule has 0 bridgehead atoms. The van der Waals surface area contributed by atoms with Crippen molar-refractivity contribution in [2.45, 2.75) is 51.9 Å². The Morgan fingerprint density at radius 2 is 1.55 bits per heavy atom. The maximum Gasteiger partial charge on any atom is 0.253 e. The minimum Gasteiger partial charge on any atom is -0.356 e. The summed E-state index contributed by atoms with van der Waals surface area (Å²) in [4.78, 5) is 46.0. The average molecular weight is 308 g/mol. The van der Waals surface area contributed by atoms with Gasteiger partial charge in [0.1, 0.15) is 5.78 Å². The number of amides is 3. The fourth-order valence-electron chi connectivity index (χ4n) is 2.21. The molecule has 0 fully saturated rings. The van der Waals surface area contributed by atoms with Gasteiger partial charge in [-0.2, -0.15) is 0 Å². The molecule has 1 rings (SSSR count). The Kier molecular flexibility index (Phi) is 8.10. The summed E-state index contributed by atoms with van der Waals surface area (Å²) in [5.41, 5.74) is 0. The Balaban J connectivity index is 1.97. The normalized spacial score (nSPS) is 13.8. The van der Waals surface area contributed by atoms with Gasteiger partial charge in [-0.1, -0.05) is 19.3 Å². The smallest absolute Gasteiger partial charge is 0.253 e. The molecule has 0 aromatic rings. The quantitative estimate of drug-likeness (QED) is 0.461. The maximum absolute atomic E-state index is 11.6. The van der Waals surface area contributed by atoms with Gasteiger partial charge in [0.15, 0.2) is 0 Å². The molecule has 1 aliphatic rings. The van der Waals surface area contributed by atoms with Crippen molar-refractivity contribution in [2.24, 2.45) is 0 Å².